The molecule has 0 radical (unpaired) electrons. The van der Waals surface area contributed by atoms with E-state index in [9.17, 15) is 4.79 Å². The second-order valence-corrected chi connectivity index (χ2v) is 16.8. The number of carbonyl (C=O) groups is 1. The lowest BCUT2D eigenvalue weighted by atomic mass is 10.0. The number of aromatic nitrogens is 6. The van der Waals surface area contributed by atoms with Crippen LogP contribution in [-0.2, 0) is 16.3 Å². The average molecular weight is 566 g/mol. The maximum atomic E-state index is 12.9. The van der Waals surface area contributed by atoms with Gasteiger partial charge in [-0.3, -0.25) is 4.79 Å². The van der Waals surface area contributed by atoms with E-state index in [1.165, 1.54) is 0 Å². The Kier molecular flexibility index (Phi) is 6.98. The molecule has 11 heteroatoms. The molecule has 2 N–H and O–H groups in total. The van der Waals surface area contributed by atoms with Gasteiger partial charge in [-0.05, 0) is 53.2 Å². The van der Waals surface area contributed by atoms with Crippen molar-refractivity contribution in [3.8, 4) is 28.4 Å². The monoisotopic (exact) mass is 565 g/mol. The van der Waals surface area contributed by atoms with E-state index in [0.29, 0.717) is 30.5 Å². The van der Waals surface area contributed by atoms with Crippen LogP contribution in [0.5, 0.6) is 5.75 Å². The minimum absolute atomic E-state index is 0.140. The maximum absolute atomic E-state index is 12.9. The second-order valence-electron chi connectivity index (χ2n) is 11.2. The van der Waals surface area contributed by atoms with E-state index in [2.05, 4.69) is 57.7 Å². The number of hydrogen-bond donors (Lipinski definition) is 2. The number of benzene rings is 3. The number of hydrogen-bond acceptors (Lipinski definition) is 7. The zero-order valence-corrected chi connectivity index (χ0v) is 24.4. The standard InChI is InChI=1S/C30H31N7O3Si/c1-39-22-10-12-26-24(17-22)25(30(38)31-26)15-19-5-11-23-27(16-19)37(18-40-13-14-41(2,3)4)34-28(23)20-6-8-21(9-7-20)29-32-35-36-33-29/h5-12,15-17H,13-14,18H2,1-4H3,(H,31,38)(H,32,33,35,36). The predicted molar refractivity (Wildman–Crippen MR) is 162 cm³/mol. The third-order valence-electron chi connectivity index (χ3n) is 7.07. The van der Waals surface area contributed by atoms with Crippen molar-refractivity contribution in [1.29, 1.82) is 0 Å². The maximum Gasteiger partial charge on any atom is 0.256 e. The summed E-state index contributed by atoms with van der Waals surface area (Å²) < 4.78 is 13.4. The van der Waals surface area contributed by atoms with Crippen molar-refractivity contribution in [3.05, 3.63) is 71.8 Å². The van der Waals surface area contributed by atoms with E-state index in [4.69, 9.17) is 14.6 Å². The molecule has 41 heavy (non-hydrogen) atoms. The van der Waals surface area contributed by atoms with E-state index in [0.717, 1.165) is 50.6 Å². The Balaban J connectivity index is 1.38. The molecule has 208 valence electrons. The third-order valence-corrected chi connectivity index (χ3v) is 8.77. The zero-order valence-electron chi connectivity index (χ0n) is 23.4. The fourth-order valence-corrected chi connectivity index (χ4v) is 5.54. The van der Waals surface area contributed by atoms with Crippen LogP contribution in [0.15, 0.2) is 60.7 Å². The van der Waals surface area contributed by atoms with Crippen LogP contribution in [0.3, 0.4) is 0 Å². The van der Waals surface area contributed by atoms with Gasteiger partial charge in [0.25, 0.3) is 5.91 Å². The molecule has 6 rings (SSSR count). The van der Waals surface area contributed by atoms with Crippen LogP contribution in [0.4, 0.5) is 5.69 Å². The van der Waals surface area contributed by atoms with Crippen LogP contribution < -0.4 is 10.1 Å². The van der Waals surface area contributed by atoms with Crippen LogP contribution in [0.25, 0.3) is 45.2 Å². The number of nitrogens with one attached hydrogen (secondary N) is 2. The smallest absolute Gasteiger partial charge is 0.256 e. The Morgan fingerprint density at radius 2 is 1.80 bits per heavy atom. The molecule has 0 saturated heterocycles. The molecule has 0 saturated carbocycles. The fourth-order valence-electron chi connectivity index (χ4n) is 4.79. The summed E-state index contributed by atoms with van der Waals surface area (Å²) in [5.41, 5.74) is 6.67. The van der Waals surface area contributed by atoms with Crippen LogP contribution in [0.2, 0.25) is 25.7 Å². The molecule has 10 nitrogen and oxygen atoms in total. The van der Waals surface area contributed by atoms with Crippen molar-refractivity contribution in [2.45, 2.75) is 32.4 Å². The number of fused-ring (bicyclic) bond motifs is 2. The summed E-state index contributed by atoms with van der Waals surface area (Å²) in [5.74, 6) is 1.10. The molecule has 0 aliphatic carbocycles. The number of anilines is 1. The number of carbonyl (C=O) groups excluding carboxylic acids is 1. The summed E-state index contributed by atoms with van der Waals surface area (Å²) >= 11 is 0. The summed E-state index contributed by atoms with van der Waals surface area (Å²) in [5, 5.41) is 23.2. The minimum atomic E-state index is -1.22. The van der Waals surface area contributed by atoms with Gasteiger partial charge in [0.2, 0.25) is 5.82 Å². The van der Waals surface area contributed by atoms with Gasteiger partial charge in [0, 0.05) is 48.0 Å². The van der Waals surface area contributed by atoms with Gasteiger partial charge in [-0.2, -0.15) is 10.3 Å². The molecule has 0 bridgehead atoms. The molecule has 1 amide bonds. The first-order valence-electron chi connectivity index (χ1n) is 13.4. The lowest BCUT2D eigenvalue weighted by Crippen LogP contribution is -2.22. The van der Waals surface area contributed by atoms with Crippen molar-refractivity contribution in [2.75, 3.05) is 19.0 Å². The molecule has 3 aromatic carbocycles. The number of methoxy groups -OCH3 is 1. The first kappa shape index (κ1) is 26.6. The molecule has 0 unspecified atom stereocenters. The van der Waals surface area contributed by atoms with Gasteiger partial charge < -0.3 is 14.8 Å². The molecule has 3 heterocycles. The third kappa shape index (κ3) is 5.54. The van der Waals surface area contributed by atoms with Crippen LogP contribution in [0, 0.1) is 0 Å². The van der Waals surface area contributed by atoms with E-state index in [1.54, 1.807) is 7.11 Å². The SMILES string of the molecule is COc1ccc2c(c1)C(=Cc1ccc3c(-c4ccc(-c5nn[nH]n5)cc4)nn(COCC[Si](C)(C)C)c3c1)C(=O)N2. The van der Waals surface area contributed by atoms with Gasteiger partial charge in [0.05, 0.1) is 12.6 Å². The van der Waals surface area contributed by atoms with Crippen molar-refractivity contribution in [2.24, 2.45) is 0 Å². The number of rotatable bonds is 9. The summed E-state index contributed by atoms with van der Waals surface area (Å²) in [6, 6.07) is 20.7. The summed E-state index contributed by atoms with van der Waals surface area (Å²) in [7, 11) is 0.394. The van der Waals surface area contributed by atoms with Crippen molar-refractivity contribution >= 4 is 42.2 Å². The van der Waals surface area contributed by atoms with Gasteiger partial charge in [-0.1, -0.05) is 50.0 Å². The van der Waals surface area contributed by atoms with Gasteiger partial charge in [0.1, 0.15) is 18.2 Å². The Labute approximate surface area is 238 Å². The number of tetrazole rings is 1. The summed E-state index contributed by atoms with van der Waals surface area (Å²) in [6.45, 7) is 8.03. The molecule has 1 aliphatic rings. The van der Waals surface area contributed by atoms with Gasteiger partial charge in [-0.15, -0.1) is 10.2 Å². The number of ether oxygens (including phenoxy) is 2. The molecule has 1 aliphatic heterocycles. The molecule has 2 aromatic heterocycles. The summed E-state index contributed by atoms with van der Waals surface area (Å²) in [4.78, 5) is 12.9. The molecule has 5 aromatic rings. The van der Waals surface area contributed by atoms with Crippen LogP contribution in [0.1, 0.15) is 11.1 Å². The lowest BCUT2D eigenvalue weighted by molar-refractivity contribution is -0.110. The normalized spacial score (nSPS) is 14.0. The van der Waals surface area contributed by atoms with Crippen LogP contribution in [-0.4, -0.2) is 58.1 Å². The molecular weight excluding hydrogens is 534 g/mol. The van der Waals surface area contributed by atoms with E-state index < -0.39 is 8.07 Å². The number of H-pyrrole nitrogens is 1. The van der Waals surface area contributed by atoms with Crippen LogP contribution >= 0.6 is 0 Å². The Hall–Kier alpha value is -4.61. The molecule has 0 atom stereocenters. The van der Waals surface area contributed by atoms with E-state index in [1.807, 2.05) is 59.3 Å². The van der Waals surface area contributed by atoms with Gasteiger partial charge in [-0.25, -0.2) is 4.68 Å². The lowest BCUT2D eigenvalue weighted by Gasteiger charge is -2.15. The van der Waals surface area contributed by atoms with Crippen molar-refractivity contribution in [3.63, 3.8) is 0 Å². The van der Waals surface area contributed by atoms with Crippen molar-refractivity contribution < 1.29 is 14.3 Å². The fraction of sp³-hybridized carbons (Fsp3) is 0.233. The first-order chi connectivity index (χ1) is 19.8. The highest BCUT2D eigenvalue weighted by Crippen LogP contribution is 2.37. The first-order valence-corrected chi connectivity index (χ1v) is 17.1. The second kappa shape index (κ2) is 10.8. The topological polar surface area (TPSA) is 120 Å². The Morgan fingerprint density at radius 1 is 1.00 bits per heavy atom. The van der Waals surface area contributed by atoms with E-state index in [-0.39, 0.29) is 5.91 Å². The largest absolute Gasteiger partial charge is 0.497 e. The zero-order chi connectivity index (χ0) is 28.6. The molecule has 0 fully saturated rings. The highest BCUT2D eigenvalue weighted by atomic mass is 28.3. The molecule has 0 spiro atoms. The Bertz CT molecular complexity index is 1750. The number of amides is 1. The highest BCUT2D eigenvalue weighted by Gasteiger charge is 2.25. The van der Waals surface area contributed by atoms with Gasteiger partial charge in [0.15, 0.2) is 0 Å². The number of aromatic amines is 1. The van der Waals surface area contributed by atoms with Crippen molar-refractivity contribution in [1.82, 2.24) is 30.4 Å². The minimum Gasteiger partial charge on any atom is -0.497 e. The average Bonchev–Trinajstić information content (AvgIpc) is 3.69. The quantitative estimate of drug-likeness (QED) is 0.134. The molecular formula is C30H31N7O3Si. The highest BCUT2D eigenvalue weighted by molar-refractivity contribution is 6.76. The summed E-state index contributed by atoms with van der Waals surface area (Å²) in [6.07, 6.45) is 1.91. The van der Waals surface area contributed by atoms with E-state index >= 15 is 0 Å². The Morgan fingerprint density at radius 3 is 2.54 bits per heavy atom. The predicted octanol–water partition coefficient (Wildman–Crippen LogP) is 5.70. The number of nitrogens with zero attached hydrogens (tertiary/aromatic N) is 5. The van der Waals surface area contributed by atoms with Gasteiger partial charge >= 0.3 is 0 Å².